The van der Waals surface area contributed by atoms with Crippen molar-refractivity contribution >= 4 is 0 Å². The van der Waals surface area contributed by atoms with Crippen LogP contribution < -0.4 is 0 Å². The van der Waals surface area contributed by atoms with Crippen LogP contribution in [0.1, 0.15) is 34.6 Å². The molecule has 0 heterocycles. The van der Waals surface area contributed by atoms with E-state index in [1.807, 2.05) is 40.7 Å². The molecule has 0 bridgehead atoms. The minimum atomic E-state index is -0.730. The van der Waals surface area contributed by atoms with Gasteiger partial charge in [0.2, 0.25) is 0 Å². The van der Waals surface area contributed by atoms with Gasteiger partial charge in [0.05, 0.1) is 0 Å². The second-order valence-electron chi connectivity index (χ2n) is 3.59. The molecule has 0 saturated carbocycles. The Kier molecular flexibility index (Phi) is 25.1. The average molecular weight is 322 g/mol. The van der Waals surface area contributed by atoms with Gasteiger partial charge in [-0.2, -0.15) is 0 Å². The van der Waals surface area contributed by atoms with Gasteiger partial charge in [0, 0.05) is 0 Å². The van der Waals surface area contributed by atoms with Crippen LogP contribution in [0.3, 0.4) is 0 Å². The first-order valence-electron chi connectivity index (χ1n) is 8.02. The van der Waals surface area contributed by atoms with Crippen LogP contribution in [0.5, 0.6) is 0 Å². The Morgan fingerprint density at radius 3 is 1.74 bits per heavy atom. The summed E-state index contributed by atoms with van der Waals surface area (Å²) in [4.78, 5) is 0. The normalized spacial score (nSPS) is 12.1. The summed E-state index contributed by atoms with van der Waals surface area (Å²) in [5.41, 5.74) is 0. The quantitative estimate of drug-likeness (QED) is 0.436. The highest BCUT2D eigenvalue weighted by molar-refractivity contribution is 5.16. The Bertz CT molecular complexity index is 376. The molecule has 23 heavy (non-hydrogen) atoms. The third-order valence-electron chi connectivity index (χ3n) is 1.98. The van der Waals surface area contributed by atoms with Crippen LogP contribution in [-0.2, 0) is 9.47 Å². The van der Waals surface area contributed by atoms with Gasteiger partial charge >= 0.3 is 0 Å². The fraction of sp³-hybridized carbons (Fsp3) is 0.400. The number of hydrogen-bond acceptors (Lipinski definition) is 3. The second kappa shape index (κ2) is 22.3. The van der Waals surface area contributed by atoms with Crippen LogP contribution in [0.4, 0.5) is 0 Å². The molecule has 0 aromatic heterocycles. The van der Waals surface area contributed by atoms with Gasteiger partial charge in [0.1, 0.15) is 30.8 Å². The predicted molar refractivity (Wildman–Crippen MR) is 102 cm³/mol. The molecule has 1 unspecified atom stereocenters. The fourth-order valence-corrected chi connectivity index (χ4v) is 1.16. The van der Waals surface area contributed by atoms with Gasteiger partial charge in [-0.15, -0.1) is 0 Å². The van der Waals surface area contributed by atoms with Crippen LogP contribution in [-0.4, -0.2) is 24.4 Å². The zero-order valence-corrected chi connectivity index (χ0v) is 15.4. The van der Waals surface area contributed by atoms with Crippen LogP contribution in [0.25, 0.3) is 0 Å². The molecule has 0 aromatic carbocycles. The summed E-state index contributed by atoms with van der Waals surface area (Å²) in [5.74, 6) is 1.20. The molecule has 0 aliphatic carbocycles. The van der Waals surface area contributed by atoms with Crippen molar-refractivity contribution in [2.45, 2.75) is 40.7 Å². The zero-order chi connectivity index (χ0) is 18.5. The van der Waals surface area contributed by atoms with Crippen molar-refractivity contribution in [2.24, 2.45) is 0 Å². The van der Waals surface area contributed by atoms with Crippen molar-refractivity contribution in [3.8, 4) is 0 Å². The summed E-state index contributed by atoms with van der Waals surface area (Å²) < 4.78 is 10.7. The van der Waals surface area contributed by atoms with Gasteiger partial charge in [0.15, 0.2) is 0 Å². The van der Waals surface area contributed by atoms with E-state index in [1.54, 1.807) is 36.5 Å². The summed E-state index contributed by atoms with van der Waals surface area (Å²) in [7, 11) is 0. The maximum Gasteiger partial charge on any atom is 0.122 e. The lowest BCUT2D eigenvalue weighted by Gasteiger charge is -2.14. The molecule has 132 valence electrons. The summed E-state index contributed by atoms with van der Waals surface area (Å²) >= 11 is 0. The topological polar surface area (TPSA) is 38.7 Å². The summed E-state index contributed by atoms with van der Waals surface area (Å²) in [6.45, 7) is 20.9. The van der Waals surface area contributed by atoms with Crippen LogP contribution in [0.2, 0.25) is 0 Å². The molecule has 0 rings (SSSR count). The molecule has 0 spiro atoms. The largest absolute Gasteiger partial charge is 0.491 e. The van der Waals surface area contributed by atoms with E-state index in [0.29, 0.717) is 11.5 Å². The molecule has 0 amide bonds. The SMILES string of the molecule is C=C/C=C(\C=C)OCC(O)COC(/C=C\C)=C/C=C.CC.CC. The van der Waals surface area contributed by atoms with E-state index in [-0.39, 0.29) is 13.2 Å². The van der Waals surface area contributed by atoms with Crippen molar-refractivity contribution in [1.82, 2.24) is 0 Å². The number of hydrogen-bond donors (Lipinski definition) is 1. The molecule has 0 aliphatic rings. The molecule has 0 radical (unpaired) electrons. The van der Waals surface area contributed by atoms with Gasteiger partial charge < -0.3 is 14.6 Å². The van der Waals surface area contributed by atoms with Crippen molar-refractivity contribution in [3.63, 3.8) is 0 Å². The number of allylic oxidation sites excluding steroid dienone is 7. The Labute approximate surface area is 143 Å². The number of rotatable bonds is 10. The second-order valence-corrected chi connectivity index (χ2v) is 3.59. The fourth-order valence-electron chi connectivity index (χ4n) is 1.16. The van der Waals surface area contributed by atoms with Crippen LogP contribution >= 0.6 is 0 Å². The first-order chi connectivity index (χ1) is 11.2. The minimum absolute atomic E-state index is 0.128. The smallest absolute Gasteiger partial charge is 0.122 e. The molecule has 1 N–H and O–H groups in total. The van der Waals surface area contributed by atoms with E-state index in [1.165, 1.54) is 0 Å². The highest BCUT2D eigenvalue weighted by Crippen LogP contribution is 2.04. The number of ether oxygens (including phenoxy) is 2. The Morgan fingerprint density at radius 2 is 1.35 bits per heavy atom. The van der Waals surface area contributed by atoms with Gasteiger partial charge in [0.25, 0.3) is 0 Å². The lowest BCUT2D eigenvalue weighted by Crippen LogP contribution is -2.21. The third-order valence-corrected chi connectivity index (χ3v) is 1.98. The van der Waals surface area contributed by atoms with E-state index in [4.69, 9.17) is 9.47 Å². The number of aliphatic hydroxyl groups excluding tert-OH is 1. The minimum Gasteiger partial charge on any atom is -0.491 e. The van der Waals surface area contributed by atoms with E-state index < -0.39 is 6.10 Å². The maximum atomic E-state index is 9.73. The lowest BCUT2D eigenvalue weighted by molar-refractivity contribution is 0.0226. The first kappa shape index (κ1) is 25.9. The van der Waals surface area contributed by atoms with Crippen molar-refractivity contribution < 1.29 is 14.6 Å². The molecular weight excluding hydrogens is 288 g/mol. The predicted octanol–water partition coefficient (Wildman–Crippen LogP) is 5.33. The van der Waals surface area contributed by atoms with E-state index >= 15 is 0 Å². The van der Waals surface area contributed by atoms with Gasteiger partial charge in [-0.3, -0.25) is 0 Å². The van der Waals surface area contributed by atoms with Crippen LogP contribution in [0.15, 0.2) is 73.8 Å². The van der Waals surface area contributed by atoms with Crippen LogP contribution in [0, 0.1) is 0 Å². The summed E-state index contributed by atoms with van der Waals surface area (Å²) in [5, 5.41) is 9.73. The molecule has 0 fully saturated rings. The average Bonchev–Trinajstić information content (AvgIpc) is 2.60. The monoisotopic (exact) mass is 322 g/mol. The highest BCUT2D eigenvalue weighted by Gasteiger charge is 2.06. The zero-order valence-electron chi connectivity index (χ0n) is 15.4. The summed E-state index contributed by atoms with van der Waals surface area (Å²) in [6.07, 6.45) is 11.1. The maximum absolute atomic E-state index is 9.73. The molecule has 0 saturated heterocycles. The molecule has 1 atom stereocenters. The molecule has 0 aromatic rings. The summed E-state index contributed by atoms with van der Waals surface area (Å²) in [6, 6.07) is 0. The molecular formula is C20H34O3. The van der Waals surface area contributed by atoms with Crippen molar-refractivity contribution in [3.05, 3.63) is 73.8 Å². The first-order valence-corrected chi connectivity index (χ1v) is 8.02. The van der Waals surface area contributed by atoms with Crippen molar-refractivity contribution in [1.29, 1.82) is 0 Å². The van der Waals surface area contributed by atoms with Gasteiger partial charge in [-0.1, -0.05) is 65.7 Å². The molecule has 3 heteroatoms. The molecule has 3 nitrogen and oxygen atoms in total. The Balaban J connectivity index is -0.000000919. The Hall–Kier alpha value is -2.00. The lowest BCUT2D eigenvalue weighted by atomic mass is 10.3. The Morgan fingerprint density at radius 1 is 0.913 bits per heavy atom. The van der Waals surface area contributed by atoms with Crippen molar-refractivity contribution in [2.75, 3.05) is 13.2 Å². The standard InChI is InChI=1S/C16H22O3.2C2H6/c1-5-9-15(8-4)18-12-14(17)13-19-16(10-6-2)11-7-3;2*1-2/h5-11,14,17H,1-2,4,12-13H2,3H3;2*1-2H3/b11-7-,15-9+,16-10+;;. The van der Waals surface area contributed by atoms with Gasteiger partial charge in [-0.25, -0.2) is 0 Å². The van der Waals surface area contributed by atoms with E-state index in [0.717, 1.165) is 0 Å². The highest BCUT2D eigenvalue weighted by atomic mass is 16.5. The molecule has 0 aliphatic heterocycles. The van der Waals surface area contributed by atoms with E-state index in [9.17, 15) is 5.11 Å². The third kappa shape index (κ3) is 18.0. The van der Waals surface area contributed by atoms with Gasteiger partial charge in [-0.05, 0) is 31.2 Å². The number of aliphatic hydroxyl groups is 1. The van der Waals surface area contributed by atoms with E-state index in [2.05, 4.69) is 19.7 Å².